The molecule has 1 heterocycles. The van der Waals surface area contributed by atoms with Gasteiger partial charge in [0.2, 0.25) is 0 Å². The minimum Gasteiger partial charge on any atom is -0.389 e. The van der Waals surface area contributed by atoms with Crippen LogP contribution in [0.5, 0.6) is 0 Å². The van der Waals surface area contributed by atoms with Gasteiger partial charge in [0.05, 0.1) is 12.7 Å². The topological polar surface area (TPSA) is 35.9 Å². The first-order chi connectivity index (χ1) is 10.9. The molecule has 1 saturated heterocycles. The quantitative estimate of drug-likeness (QED) is 0.826. The molecule has 0 bridgehead atoms. The largest absolute Gasteiger partial charge is 0.389 e. The molecule has 0 amide bonds. The van der Waals surface area contributed by atoms with Gasteiger partial charge >= 0.3 is 0 Å². The summed E-state index contributed by atoms with van der Waals surface area (Å²) in [6.07, 6.45) is -0.392. The third-order valence-corrected chi connectivity index (χ3v) is 4.79. The number of rotatable bonds is 7. The Kier molecular flexibility index (Phi) is 6.86. The molecular formula is C18H29ClN2O2. The SMILES string of the molecule is COCC(O)CN1CCN(CC(C)(C)c2ccc(Cl)cc2)CC1. The number of aliphatic hydroxyl groups excluding tert-OH is 1. The maximum absolute atomic E-state index is 9.83. The molecule has 1 aromatic rings. The highest BCUT2D eigenvalue weighted by Gasteiger charge is 2.26. The summed E-state index contributed by atoms with van der Waals surface area (Å²) in [5, 5.41) is 10.6. The summed E-state index contributed by atoms with van der Waals surface area (Å²) in [6, 6.07) is 8.18. The van der Waals surface area contributed by atoms with Crippen molar-refractivity contribution in [2.24, 2.45) is 0 Å². The lowest BCUT2D eigenvalue weighted by molar-refractivity contribution is 0.0218. The minimum absolute atomic E-state index is 0.0995. The second-order valence-electron chi connectivity index (χ2n) is 7.08. The van der Waals surface area contributed by atoms with Gasteiger partial charge in [-0.15, -0.1) is 0 Å². The fraction of sp³-hybridized carbons (Fsp3) is 0.667. The van der Waals surface area contributed by atoms with Crippen molar-refractivity contribution in [3.05, 3.63) is 34.9 Å². The predicted octanol–water partition coefficient (Wildman–Crippen LogP) is 2.24. The third kappa shape index (κ3) is 5.73. The smallest absolute Gasteiger partial charge is 0.0900 e. The number of ether oxygens (including phenoxy) is 1. The van der Waals surface area contributed by atoms with E-state index < -0.39 is 6.10 Å². The molecule has 0 saturated carbocycles. The Hall–Kier alpha value is -0.650. The molecule has 1 aromatic carbocycles. The number of piperazine rings is 1. The van der Waals surface area contributed by atoms with E-state index in [-0.39, 0.29) is 5.41 Å². The second-order valence-corrected chi connectivity index (χ2v) is 7.51. The Morgan fingerprint density at radius 1 is 1.13 bits per heavy atom. The molecule has 1 unspecified atom stereocenters. The summed E-state index contributed by atoms with van der Waals surface area (Å²) in [5.74, 6) is 0. The molecule has 1 N–H and O–H groups in total. The zero-order valence-electron chi connectivity index (χ0n) is 14.5. The standard InChI is InChI=1S/C18H29ClN2O2/c1-18(2,15-4-6-16(19)7-5-15)14-21-10-8-20(9-11-21)12-17(22)13-23-3/h4-7,17,22H,8-14H2,1-3H3. The summed E-state index contributed by atoms with van der Waals surface area (Å²) < 4.78 is 4.99. The maximum Gasteiger partial charge on any atom is 0.0900 e. The Balaban J connectivity index is 1.82. The van der Waals surface area contributed by atoms with Crippen molar-refractivity contribution in [1.82, 2.24) is 9.80 Å². The van der Waals surface area contributed by atoms with Crippen molar-refractivity contribution in [2.75, 3.05) is 53.0 Å². The highest BCUT2D eigenvalue weighted by molar-refractivity contribution is 6.30. The van der Waals surface area contributed by atoms with Gasteiger partial charge in [-0.05, 0) is 17.7 Å². The van der Waals surface area contributed by atoms with Crippen molar-refractivity contribution < 1.29 is 9.84 Å². The van der Waals surface area contributed by atoms with Gasteiger partial charge in [0.1, 0.15) is 0 Å². The van der Waals surface area contributed by atoms with E-state index in [1.54, 1.807) is 7.11 Å². The van der Waals surface area contributed by atoms with Gasteiger partial charge in [0.25, 0.3) is 0 Å². The first kappa shape index (κ1) is 18.7. The summed E-state index contributed by atoms with van der Waals surface area (Å²) in [4.78, 5) is 4.82. The number of β-amino-alcohol motifs (C(OH)–C–C–N with tert-alkyl or cyclic N) is 1. The van der Waals surface area contributed by atoms with Crippen LogP contribution in [0.4, 0.5) is 0 Å². The van der Waals surface area contributed by atoms with Gasteiger partial charge in [0, 0.05) is 56.8 Å². The lowest BCUT2D eigenvalue weighted by Gasteiger charge is -2.39. The second kappa shape index (κ2) is 8.45. The number of halogens is 1. The zero-order chi connectivity index (χ0) is 16.9. The van der Waals surface area contributed by atoms with Crippen LogP contribution >= 0.6 is 11.6 Å². The van der Waals surface area contributed by atoms with Crippen molar-refractivity contribution >= 4 is 11.6 Å². The Morgan fingerprint density at radius 3 is 2.26 bits per heavy atom. The van der Waals surface area contributed by atoms with Crippen molar-refractivity contribution in [3.8, 4) is 0 Å². The van der Waals surface area contributed by atoms with Gasteiger partial charge < -0.3 is 9.84 Å². The van der Waals surface area contributed by atoms with E-state index in [1.807, 2.05) is 12.1 Å². The van der Waals surface area contributed by atoms with E-state index in [0.29, 0.717) is 13.2 Å². The number of nitrogens with zero attached hydrogens (tertiary/aromatic N) is 2. The van der Waals surface area contributed by atoms with Crippen LogP contribution in [0.2, 0.25) is 5.02 Å². The molecule has 0 radical (unpaired) electrons. The first-order valence-corrected chi connectivity index (χ1v) is 8.66. The summed E-state index contributed by atoms with van der Waals surface area (Å²) >= 11 is 5.99. The predicted molar refractivity (Wildman–Crippen MR) is 95.2 cm³/mol. The molecule has 2 rings (SSSR count). The molecule has 4 nitrogen and oxygen atoms in total. The molecular weight excluding hydrogens is 312 g/mol. The molecule has 0 aromatic heterocycles. The Bertz CT molecular complexity index is 470. The van der Waals surface area contributed by atoms with Crippen molar-refractivity contribution in [2.45, 2.75) is 25.4 Å². The molecule has 130 valence electrons. The van der Waals surface area contributed by atoms with Crippen LogP contribution in [-0.2, 0) is 10.2 Å². The fourth-order valence-electron chi connectivity index (χ4n) is 3.22. The van der Waals surface area contributed by atoms with Crippen LogP contribution in [0.15, 0.2) is 24.3 Å². The van der Waals surface area contributed by atoms with E-state index in [0.717, 1.165) is 37.7 Å². The molecule has 0 spiro atoms. The van der Waals surface area contributed by atoms with E-state index in [4.69, 9.17) is 16.3 Å². The van der Waals surface area contributed by atoms with Gasteiger partial charge in [-0.1, -0.05) is 37.6 Å². The highest BCUT2D eigenvalue weighted by Crippen LogP contribution is 2.26. The molecule has 1 aliphatic rings. The number of aliphatic hydroxyl groups is 1. The normalized spacial score (nSPS) is 19.0. The summed E-state index contributed by atoms with van der Waals surface area (Å²) in [5.41, 5.74) is 1.42. The molecule has 0 aliphatic carbocycles. The van der Waals surface area contributed by atoms with Crippen LogP contribution < -0.4 is 0 Å². The van der Waals surface area contributed by atoms with E-state index in [2.05, 4.69) is 35.8 Å². The molecule has 1 fully saturated rings. The highest BCUT2D eigenvalue weighted by atomic mass is 35.5. The first-order valence-electron chi connectivity index (χ1n) is 8.28. The molecule has 1 atom stereocenters. The van der Waals surface area contributed by atoms with E-state index >= 15 is 0 Å². The average Bonchev–Trinajstić information content (AvgIpc) is 2.50. The fourth-order valence-corrected chi connectivity index (χ4v) is 3.35. The Labute approximate surface area is 145 Å². The van der Waals surface area contributed by atoms with E-state index in [1.165, 1.54) is 5.56 Å². The number of hydrogen-bond donors (Lipinski definition) is 1. The van der Waals surface area contributed by atoms with Gasteiger partial charge in [-0.25, -0.2) is 0 Å². The van der Waals surface area contributed by atoms with E-state index in [9.17, 15) is 5.11 Å². The van der Waals surface area contributed by atoms with Crippen LogP contribution in [0.1, 0.15) is 19.4 Å². The Morgan fingerprint density at radius 2 is 1.70 bits per heavy atom. The van der Waals surface area contributed by atoms with Crippen LogP contribution in [0.3, 0.4) is 0 Å². The molecule has 5 heteroatoms. The van der Waals surface area contributed by atoms with Crippen molar-refractivity contribution in [1.29, 1.82) is 0 Å². The number of benzene rings is 1. The number of methoxy groups -OCH3 is 1. The maximum atomic E-state index is 9.83. The lowest BCUT2D eigenvalue weighted by atomic mass is 9.84. The van der Waals surface area contributed by atoms with Gasteiger partial charge in [-0.3, -0.25) is 9.80 Å². The summed E-state index contributed by atoms with van der Waals surface area (Å²) in [6.45, 7) is 10.8. The molecule has 23 heavy (non-hydrogen) atoms. The lowest BCUT2D eigenvalue weighted by Crippen LogP contribution is -2.51. The van der Waals surface area contributed by atoms with Crippen LogP contribution in [-0.4, -0.2) is 74.0 Å². The monoisotopic (exact) mass is 340 g/mol. The number of hydrogen-bond acceptors (Lipinski definition) is 4. The summed E-state index contributed by atoms with van der Waals surface area (Å²) in [7, 11) is 1.63. The average molecular weight is 341 g/mol. The molecule has 1 aliphatic heterocycles. The van der Waals surface area contributed by atoms with Gasteiger partial charge in [0.15, 0.2) is 0 Å². The minimum atomic E-state index is -0.392. The van der Waals surface area contributed by atoms with Crippen molar-refractivity contribution in [3.63, 3.8) is 0 Å². The third-order valence-electron chi connectivity index (χ3n) is 4.54. The van der Waals surface area contributed by atoms with Crippen LogP contribution in [0, 0.1) is 0 Å². The van der Waals surface area contributed by atoms with Gasteiger partial charge in [-0.2, -0.15) is 0 Å². The van der Waals surface area contributed by atoms with Crippen LogP contribution in [0.25, 0.3) is 0 Å². The zero-order valence-corrected chi connectivity index (χ0v) is 15.2.